The molecule has 2 N–H and O–H groups in total. The van der Waals surface area contributed by atoms with E-state index in [4.69, 9.17) is 4.74 Å². The minimum absolute atomic E-state index is 0.134. The number of hydrogen-bond acceptors (Lipinski definition) is 4. The lowest BCUT2D eigenvalue weighted by Crippen LogP contribution is -2.35. The third-order valence-electron chi connectivity index (χ3n) is 4.07. The van der Waals surface area contributed by atoms with Crippen molar-refractivity contribution in [2.45, 2.75) is 25.3 Å². The Bertz CT molecular complexity index is 727. The zero-order valence-corrected chi connectivity index (χ0v) is 13.5. The Morgan fingerprint density at radius 1 is 1.50 bits per heavy atom. The number of rotatable bonds is 6. The normalized spacial score (nSPS) is 16.2. The number of amides is 2. The van der Waals surface area contributed by atoms with Gasteiger partial charge in [0.2, 0.25) is 11.8 Å². The minimum atomic E-state index is -0.489. The second-order valence-electron chi connectivity index (χ2n) is 5.70. The molecule has 2 heterocycles. The van der Waals surface area contributed by atoms with Gasteiger partial charge in [-0.2, -0.15) is 0 Å². The van der Waals surface area contributed by atoms with Crippen LogP contribution >= 0.6 is 0 Å². The molecule has 7 nitrogen and oxygen atoms in total. The van der Waals surface area contributed by atoms with E-state index in [9.17, 15) is 9.59 Å². The number of imidazole rings is 1. The first kappa shape index (κ1) is 16.0. The van der Waals surface area contributed by atoms with Crippen LogP contribution in [0.2, 0.25) is 0 Å². The molecule has 1 atom stereocenters. The predicted octanol–water partition coefficient (Wildman–Crippen LogP) is 1.52. The molecular weight excluding hydrogens is 308 g/mol. The molecule has 1 aromatic heterocycles. The molecule has 0 fully saturated rings. The largest absolute Gasteiger partial charge is 0.497 e. The molecule has 7 heteroatoms. The summed E-state index contributed by atoms with van der Waals surface area (Å²) in [5, 5.41) is 5.72. The van der Waals surface area contributed by atoms with Crippen LogP contribution in [0.5, 0.6) is 5.75 Å². The molecule has 0 spiro atoms. The van der Waals surface area contributed by atoms with Gasteiger partial charge in [-0.1, -0.05) is 0 Å². The Kier molecular flexibility index (Phi) is 4.79. The first-order chi connectivity index (χ1) is 11.7. The molecule has 0 bridgehead atoms. The number of anilines is 1. The molecule has 3 rings (SSSR count). The molecule has 1 unspecified atom stereocenters. The zero-order chi connectivity index (χ0) is 16.9. The van der Waals surface area contributed by atoms with Crippen LogP contribution in [0, 0.1) is 0 Å². The second kappa shape index (κ2) is 7.16. The standard InChI is InChI=1S/C17H20N4O3/c1-24-12-3-4-15-13(9-12)14(10-16(22)20-15)17(23)19-5-2-7-21-8-6-18-11-21/h3-4,6,8-9,11,14H,2,5,7,10H2,1H3,(H,19,23)(H,20,22). The van der Waals surface area contributed by atoms with Crippen molar-refractivity contribution in [2.75, 3.05) is 19.0 Å². The summed E-state index contributed by atoms with van der Waals surface area (Å²) in [5.41, 5.74) is 1.46. The fraction of sp³-hybridized carbons (Fsp3) is 0.353. The maximum Gasteiger partial charge on any atom is 0.228 e. The van der Waals surface area contributed by atoms with E-state index in [-0.39, 0.29) is 18.2 Å². The number of fused-ring (bicyclic) bond motifs is 1. The highest BCUT2D eigenvalue weighted by Crippen LogP contribution is 2.34. The summed E-state index contributed by atoms with van der Waals surface area (Å²) in [6.45, 7) is 1.34. The van der Waals surface area contributed by atoms with Gasteiger partial charge in [0.15, 0.2) is 0 Å². The van der Waals surface area contributed by atoms with Gasteiger partial charge in [0.25, 0.3) is 0 Å². The van der Waals surface area contributed by atoms with Crippen LogP contribution in [0.1, 0.15) is 24.3 Å². The number of nitrogens with zero attached hydrogens (tertiary/aromatic N) is 2. The molecule has 1 aliphatic heterocycles. The van der Waals surface area contributed by atoms with Gasteiger partial charge in [-0.25, -0.2) is 4.98 Å². The molecule has 24 heavy (non-hydrogen) atoms. The number of carbonyl (C=O) groups is 2. The van der Waals surface area contributed by atoms with Crippen molar-refractivity contribution < 1.29 is 14.3 Å². The van der Waals surface area contributed by atoms with Gasteiger partial charge in [-0.3, -0.25) is 9.59 Å². The maximum atomic E-state index is 12.5. The maximum absolute atomic E-state index is 12.5. The molecule has 0 radical (unpaired) electrons. The summed E-state index contributed by atoms with van der Waals surface area (Å²) in [6, 6.07) is 5.35. The van der Waals surface area contributed by atoms with Crippen molar-refractivity contribution in [3.05, 3.63) is 42.5 Å². The van der Waals surface area contributed by atoms with Crippen molar-refractivity contribution >= 4 is 17.5 Å². The van der Waals surface area contributed by atoms with E-state index in [0.717, 1.165) is 18.5 Å². The molecular formula is C17H20N4O3. The Labute approximate surface area is 140 Å². The Balaban J connectivity index is 1.63. The lowest BCUT2D eigenvalue weighted by Gasteiger charge is -2.25. The van der Waals surface area contributed by atoms with Crippen molar-refractivity contribution in [1.82, 2.24) is 14.9 Å². The van der Waals surface area contributed by atoms with E-state index in [1.807, 2.05) is 16.8 Å². The molecule has 0 saturated heterocycles. The Hall–Kier alpha value is -2.83. The minimum Gasteiger partial charge on any atom is -0.497 e. The number of carbonyl (C=O) groups excluding carboxylic acids is 2. The van der Waals surface area contributed by atoms with Crippen LogP contribution < -0.4 is 15.4 Å². The molecule has 2 aromatic rings. The van der Waals surface area contributed by atoms with E-state index >= 15 is 0 Å². The number of hydrogen-bond donors (Lipinski definition) is 2. The summed E-state index contributed by atoms with van der Waals surface area (Å²) in [4.78, 5) is 28.3. The molecule has 1 aliphatic rings. The molecule has 1 aromatic carbocycles. The predicted molar refractivity (Wildman–Crippen MR) is 88.8 cm³/mol. The van der Waals surface area contributed by atoms with Gasteiger partial charge in [0.05, 0.1) is 19.4 Å². The van der Waals surface area contributed by atoms with Crippen LogP contribution in [0.3, 0.4) is 0 Å². The van der Waals surface area contributed by atoms with Crippen molar-refractivity contribution in [2.24, 2.45) is 0 Å². The number of ether oxygens (including phenoxy) is 1. The summed E-state index contributed by atoms with van der Waals surface area (Å²) in [6.07, 6.45) is 6.30. The van der Waals surface area contributed by atoms with Crippen molar-refractivity contribution in [1.29, 1.82) is 0 Å². The van der Waals surface area contributed by atoms with Gasteiger partial charge < -0.3 is 19.9 Å². The first-order valence-electron chi connectivity index (χ1n) is 7.88. The van der Waals surface area contributed by atoms with Gasteiger partial charge >= 0.3 is 0 Å². The number of methoxy groups -OCH3 is 1. The smallest absolute Gasteiger partial charge is 0.228 e. The fourth-order valence-corrected chi connectivity index (χ4v) is 2.82. The number of nitrogens with one attached hydrogen (secondary N) is 2. The summed E-state index contributed by atoms with van der Waals surface area (Å²) < 4.78 is 7.18. The van der Waals surface area contributed by atoms with Gasteiger partial charge in [-0.15, -0.1) is 0 Å². The molecule has 2 amide bonds. The Morgan fingerprint density at radius 3 is 3.12 bits per heavy atom. The average Bonchev–Trinajstić information content (AvgIpc) is 3.10. The number of aromatic nitrogens is 2. The lowest BCUT2D eigenvalue weighted by atomic mass is 9.89. The third kappa shape index (κ3) is 3.56. The quantitative estimate of drug-likeness (QED) is 0.788. The monoisotopic (exact) mass is 328 g/mol. The van der Waals surface area contributed by atoms with Crippen LogP contribution in [-0.4, -0.2) is 35.0 Å². The first-order valence-corrected chi connectivity index (χ1v) is 7.88. The molecule has 126 valence electrons. The fourth-order valence-electron chi connectivity index (χ4n) is 2.82. The summed E-state index contributed by atoms with van der Waals surface area (Å²) in [7, 11) is 1.58. The van der Waals surface area contributed by atoms with E-state index in [1.165, 1.54) is 0 Å². The van der Waals surface area contributed by atoms with Crippen LogP contribution in [-0.2, 0) is 16.1 Å². The SMILES string of the molecule is COc1ccc2c(c1)C(C(=O)NCCCn1ccnc1)CC(=O)N2. The molecule has 0 saturated carbocycles. The second-order valence-corrected chi connectivity index (χ2v) is 5.70. The summed E-state index contributed by atoms with van der Waals surface area (Å²) in [5.74, 6) is -0.101. The van der Waals surface area contributed by atoms with Gasteiger partial charge in [-0.05, 0) is 30.2 Å². The third-order valence-corrected chi connectivity index (χ3v) is 4.07. The highest BCUT2D eigenvalue weighted by atomic mass is 16.5. The zero-order valence-electron chi connectivity index (χ0n) is 13.5. The van der Waals surface area contributed by atoms with Crippen molar-refractivity contribution in [3.63, 3.8) is 0 Å². The van der Waals surface area contributed by atoms with E-state index in [2.05, 4.69) is 15.6 Å². The van der Waals surface area contributed by atoms with E-state index in [1.54, 1.807) is 31.8 Å². The lowest BCUT2D eigenvalue weighted by molar-refractivity contribution is -0.126. The van der Waals surface area contributed by atoms with Gasteiger partial charge in [0, 0.05) is 37.6 Å². The van der Waals surface area contributed by atoms with Crippen LogP contribution in [0.4, 0.5) is 5.69 Å². The van der Waals surface area contributed by atoms with Crippen LogP contribution in [0.25, 0.3) is 0 Å². The van der Waals surface area contributed by atoms with E-state index < -0.39 is 5.92 Å². The van der Waals surface area contributed by atoms with Crippen LogP contribution in [0.15, 0.2) is 36.9 Å². The van der Waals surface area contributed by atoms with Gasteiger partial charge in [0.1, 0.15) is 5.75 Å². The Morgan fingerprint density at radius 2 is 2.38 bits per heavy atom. The van der Waals surface area contributed by atoms with E-state index in [0.29, 0.717) is 18.0 Å². The molecule has 0 aliphatic carbocycles. The average molecular weight is 328 g/mol. The topological polar surface area (TPSA) is 85.2 Å². The number of aryl methyl sites for hydroxylation is 1. The summed E-state index contributed by atoms with van der Waals surface area (Å²) >= 11 is 0. The highest BCUT2D eigenvalue weighted by molar-refractivity contribution is 6.01. The van der Waals surface area contributed by atoms with Crippen molar-refractivity contribution in [3.8, 4) is 5.75 Å². The number of benzene rings is 1. The highest BCUT2D eigenvalue weighted by Gasteiger charge is 2.30.